The number of nitrogens with two attached hydrogens (primary N) is 1. The van der Waals surface area contributed by atoms with Crippen LogP contribution >= 0.6 is 0 Å². The molecule has 0 aliphatic heterocycles. The minimum Gasteiger partial charge on any atom is -0.291 e. The van der Waals surface area contributed by atoms with Gasteiger partial charge in [0.2, 0.25) is 0 Å². The monoisotopic (exact) mass is 158 g/mol. The van der Waals surface area contributed by atoms with Crippen LogP contribution in [0.5, 0.6) is 0 Å². The molecule has 0 fully saturated rings. The minimum atomic E-state index is 0.832. The maximum atomic E-state index is 5.77. The van der Waals surface area contributed by atoms with E-state index < -0.39 is 0 Å². The topological polar surface area (TPSA) is 32.3 Å². The number of rotatable bonds is 3. The van der Waals surface area contributed by atoms with E-state index >= 15 is 0 Å². The third-order valence-electron chi connectivity index (χ3n) is 1.70. The molecule has 0 aromatic heterocycles. The molecule has 3 nitrogen and oxygen atoms in total. The maximum Gasteiger partial charge on any atom is 0.345 e. The van der Waals surface area contributed by atoms with Crippen molar-refractivity contribution in [2.45, 2.75) is 19.8 Å². The Balaban J connectivity index is 3.83. The van der Waals surface area contributed by atoms with Crippen molar-refractivity contribution >= 4 is 5.96 Å². The van der Waals surface area contributed by atoms with E-state index in [9.17, 15) is 0 Å². The molecule has 0 aliphatic rings. The molecule has 0 saturated carbocycles. The predicted octanol–water partition coefficient (Wildman–Crippen LogP) is 0.305. The van der Waals surface area contributed by atoms with Gasteiger partial charge < -0.3 is 0 Å². The lowest BCUT2D eigenvalue weighted by atomic mass is 10.3. The summed E-state index contributed by atoms with van der Waals surface area (Å²) in [7, 11) is 5.93. The highest BCUT2D eigenvalue weighted by Gasteiger charge is 2.07. The second-order valence-corrected chi connectivity index (χ2v) is 3.03. The van der Waals surface area contributed by atoms with Crippen molar-refractivity contribution in [2.75, 3.05) is 27.7 Å². The van der Waals surface area contributed by atoms with Crippen LogP contribution in [0.2, 0.25) is 0 Å². The first-order valence-corrected chi connectivity index (χ1v) is 4.10. The quantitative estimate of drug-likeness (QED) is 0.364. The molecule has 0 radical (unpaired) electrons. The first kappa shape index (κ1) is 10.3. The van der Waals surface area contributed by atoms with Gasteiger partial charge in [-0.15, -0.1) is 0 Å². The van der Waals surface area contributed by atoms with Gasteiger partial charge in [-0.3, -0.25) is 15.2 Å². The summed E-state index contributed by atoms with van der Waals surface area (Å²) in [5, 5.41) is 0. The van der Waals surface area contributed by atoms with E-state index in [4.69, 9.17) is 5.73 Å². The molecule has 0 aliphatic carbocycles. The Bertz CT molecular complexity index is 136. The van der Waals surface area contributed by atoms with Gasteiger partial charge >= 0.3 is 5.96 Å². The normalized spacial score (nSPS) is 9.45. The van der Waals surface area contributed by atoms with E-state index in [-0.39, 0.29) is 0 Å². The van der Waals surface area contributed by atoms with Crippen molar-refractivity contribution in [3.8, 4) is 0 Å². The summed E-state index contributed by atoms with van der Waals surface area (Å²) in [6, 6.07) is 0. The Morgan fingerprint density at radius 3 is 2.36 bits per heavy atom. The molecule has 0 atom stereocenters. The zero-order valence-electron chi connectivity index (χ0n) is 8.09. The van der Waals surface area contributed by atoms with E-state index in [1.807, 2.05) is 25.7 Å². The molecule has 0 rings (SSSR count). The Labute approximate surface area is 69.5 Å². The van der Waals surface area contributed by atoms with Gasteiger partial charge in [-0.25, -0.2) is 0 Å². The Hall–Kier alpha value is -0.730. The number of hydrogen-bond donors (Lipinski definition) is 1. The van der Waals surface area contributed by atoms with Crippen molar-refractivity contribution < 1.29 is 4.58 Å². The fraction of sp³-hybridized carbons (Fsp3) is 0.875. The van der Waals surface area contributed by atoms with Crippen LogP contribution in [0, 0.1) is 0 Å². The van der Waals surface area contributed by atoms with Crippen LogP contribution in [0.4, 0.5) is 0 Å². The van der Waals surface area contributed by atoms with Gasteiger partial charge in [0.25, 0.3) is 0 Å². The average molecular weight is 158 g/mol. The summed E-state index contributed by atoms with van der Waals surface area (Å²) in [5.41, 5.74) is 5.77. The molecule has 0 heterocycles. The lowest BCUT2D eigenvalue weighted by Crippen LogP contribution is -2.40. The van der Waals surface area contributed by atoms with E-state index in [2.05, 4.69) is 11.8 Å². The summed E-state index contributed by atoms with van der Waals surface area (Å²) in [6.07, 6.45) is 2.41. The standard InChI is InChI=1S/C8H19N3/c1-5-6-7-11(4)8(9)10(2)3/h9H,5-7H2,1-4H3/p+1. The van der Waals surface area contributed by atoms with Crippen molar-refractivity contribution in [3.05, 3.63) is 0 Å². The molecule has 0 bridgehead atoms. The van der Waals surface area contributed by atoms with Gasteiger partial charge in [-0.2, -0.15) is 0 Å². The molecule has 0 amide bonds. The van der Waals surface area contributed by atoms with Gasteiger partial charge in [0.1, 0.15) is 0 Å². The molecule has 0 spiro atoms. The van der Waals surface area contributed by atoms with E-state index in [0.29, 0.717) is 0 Å². The number of unbranched alkanes of at least 4 members (excludes halogenated alkanes) is 1. The van der Waals surface area contributed by atoms with Crippen LogP contribution < -0.4 is 5.73 Å². The number of nitrogens with zero attached hydrogens (tertiary/aromatic N) is 2. The maximum absolute atomic E-state index is 5.77. The summed E-state index contributed by atoms with van der Waals surface area (Å²) >= 11 is 0. The molecule has 0 unspecified atom stereocenters. The predicted molar refractivity (Wildman–Crippen MR) is 48.8 cm³/mol. The summed E-state index contributed by atoms with van der Waals surface area (Å²) in [6.45, 7) is 3.22. The number of guanidine groups is 1. The summed E-state index contributed by atoms with van der Waals surface area (Å²) in [4.78, 5) is 2.07. The van der Waals surface area contributed by atoms with Crippen LogP contribution in [0.3, 0.4) is 0 Å². The molecule has 66 valence electrons. The summed E-state index contributed by atoms with van der Waals surface area (Å²) in [5.74, 6) is 0.832. The number of hydrogen-bond acceptors (Lipinski definition) is 0. The smallest absolute Gasteiger partial charge is 0.291 e. The highest BCUT2D eigenvalue weighted by atomic mass is 15.3. The first-order chi connectivity index (χ1) is 5.09. The van der Waals surface area contributed by atoms with E-state index in [1.54, 1.807) is 0 Å². The third-order valence-corrected chi connectivity index (χ3v) is 1.70. The SMILES string of the molecule is CCCCN(C)C(N)=[N+](C)C. The molecular formula is C8H20N3+. The molecule has 0 aromatic rings. The van der Waals surface area contributed by atoms with Gasteiger partial charge in [0, 0.05) is 0 Å². The minimum absolute atomic E-state index is 0.832. The fourth-order valence-corrected chi connectivity index (χ4v) is 0.851. The van der Waals surface area contributed by atoms with Crippen LogP contribution in [0.1, 0.15) is 19.8 Å². The van der Waals surface area contributed by atoms with Gasteiger partial charge in [-0.05, 0) is 6.42 Å². The molecule has 11 heavy (non-hydrogen) atoms. The second kappa shape index (κ2) is 4.99. The van der Waals surface area contributed by atoms with E-state index in [1.165, 1.54) is 12.8 Å². The molecule has 3 heteroatoms. The zero-order chi connectivity index (χ0) is 8.85. The van der Waals surface area contributed by atoms with Crippen LogP contribution in [0.25, 0.3) is 0 Å². The highest BCUT2D eigenvalue weighted by molar-refractivity contribution is 5.72. The third kappa shape index (κ3) is 3.86. The van der Waals surface area contributed by atoms with Crippen molar-refractivity contribution in [2.24, 2.45) is 5.73 Å². The van der Waals surface area contributed by atoms with E-state index in [0.717, 1.165) is 12.5 Å². The Kier molecular flexibility index (Phi) is 4.66. The van der Waals surface area contributed by atoms with Crippen LogP contribution in [-0.4, -0.2) is 43.1 Å². The molecule has 0 saturated heterocycles. The Morgan fingerprint density at radius 2 is 2.00 bits per heavy atom. The summed E-state index contributed by atoms with van der Waals surface area (Å²) < 4.78 is 1.93. The first-order valence-electron chi connectivity index (χ1n) is 4.10. The fourth-order valence-electron chi connectivity index (χ4n) is 0.851. The van der Waals surface area contributed by atoms with Gasteiger partial charge in [0.05, 0.1) is 27.7 Å². The van der Waals surface area contributed by atoms with Crippen molar-refractivity contribution in [3.63, 3.8) is 0 Å². The molecular weight excluding hydrogens is 138 g/mol. The van der Waals surface area contributed by atoms with Gasteiger partial charge in [-0.1, -0.05) is 13.3 Å². The van der Waals surface area contributed by atoms with Crippen molar-refractivity contribution in [1.82, 2.24) is 4.90 Å². The molecule has 2 N–H and O–H groups in total. The average Bonchev–Trinajstić information content (AvgIpc) is 1.98. The largest absolute Gasteiger partial charge is 0.345 e. The second-order valence-electron chi connectivity index (χ2n) is 3.03. The van der Waals surface area contributed by atoms with Crippen LogP contribution in [0.15, 0.2) is 0 Å². The zero-order valence-corrected chi connectivity index (χ0v) is 8.09. The molecule has 0 aromatic carbocycles. The lowest BCUT2D eigenvalue weighted by Gasteiger charge is -2.12. The Morgan fingerprint density at radius 1 is 1.45 bits per heavy atom. The lowest BCUT2D eigenvalue weighted by molar-refractivity contribution is -0.471. The van der Waals surface area contributed by atoms with Crippen molar-refractivity contribution in [1.29, 1.82) is 0 Å². The highest BCUT2D eigenvalue weighted by Crippen LogP contribution is 1.89. The van der Waals surface area contributed by atoms with Gasteiger partial charge in [0.15, 0.2) is 0 Å². The van der Waals surface area contributed by atoms with Crippen LogP contribution in [-0.2, 0) is 0 Å².